The van der Waals surface area contributed by atoms with E-state index in [2.05, 4.69) is 42.2 Å². The first-order valence-corrected chi connectivity index (χ1v) is 7.41. The second-order valence-corrected chi connectivity index (χ2v) is 6.00. The van der Waals surface area contributed by atoms with Crippen molar-refractivity contribution in [1.82, 2.24) is 4.98 Å². The van der Waals surface area contributed by atoms with E-state index in [4.69, 9.17) is 11.6 Å². The van der Waals surface area contributed by atoms with Crippen molar-refractivity contribution in [3.8, 4) is 0 Å². The van der Waals surface area contributed by atoms with E-state index in [1.54, 1.807) is 0 Å². The first kappa shape index (κ1) is 15.9. The minimum absolute atomic E-state index is 0.0438. The maximum absolute atomic E-state index is 12.1. The van der Waals surface area contributed by atoms with Gasteiger partial charge in [0.05, 0.1) is 15.0 Å². The van der Waals surface area contributed by atoms with E-state index in [1.165, 1.54) is 30.5 Å². The summed E-state index contributed by atoms with van der Waals surface area (Å²) in [5.74, 6) is -0.509. The van der Waals surface area contributed by atoms with Gasteiger partial charge in [-0.3, -0.25) is 14.9 Å². The van der Waals surface area contributed by atoms with Crippen LogP contribution in [0.2, 0.25) is 5.15 Å². The Morgan fingerprint density at radius 2 is 2.05 bits per heavy atom. The smallest absolute Gasteiger partial charge is 0.285 e. The van der Waals surface area contributed by atoms with Crippen LogP contribution in [-0.2, 0) is 0 Å². The van der Waals surface area contributed by atoms with Crippen LogP contribution in [0.3, 0.4) is 0 Å². The number of nitro benzene ring substituents is 1. The fourth-order valence-electron chi connectivity index (χ4n) is 1.51. The molecule has 0 spiro atoms. The Morgan fingerprint density at radius 3 is 2.71 bits per heavy atom. The molecule has 0 bridgehead atoms. The van der Waals surface area contributed by atoms with Crippen LogP contribution >= 0.6 is 43.5 Å². The Labute approximate surface area is 140 Å². The van der Waals surface area contributed by atoms with Crippen molar-refractivity contribution in [3.63, 3.8) is 0 Å². The van der Waals surface area contributed by atoms with Crippen molar-refractivity contribution < 1.29 is 9.72 Å². The van der Waals surface area contributed by atoms with Crippen LogP contribution in [0, 0.1) is 10.1 Å². The van der Waals surface area contributed by atoms with E-state index < -0.39 is 10.8 Å². The number of nitro groups is 1. The highest BCUT2D eigenvalue weighted by Gasteiger charge is 2.16. The lowest BCUT2D eigenvalue weighted by Gasteiger charge is -2.07. The molecular weight excluding hydrogens is 429 g/mol. The zero-order chi connectivity index (χ0) is 15.6. The summed E-state index contributed by atoms with van der Waals surface area (Å²) in [5.41, 5.74) is 0.300. The van der Waals surface area contributed by atoms with Gasteiger partial charge in [-0.1, -0.05) is 11.6 Å². The summed E-state index contributed by atoms with van der Waals surface area (Å²) in [6, 6.07) is 5.78. The molecule has 1 amide bonds. The van der Waals surface area contributed by atoms with Gasteiger partial charge in [-0.15, -0.1) is 0 Å². The molecule has 0 radical (unpaired) electrons. The van der Waals surface area contributed by atoms with E-state index in [0.29, 0.717) is 8.95 Å². The molecule has 9 heteroatoms. The molecule has 2 aromatic rings. The average molecular weight is 435 g/mol. The van der Waals surface area contributed by atoms with E-state index in [0.717, 1.165) is 0 Å². The first-order chi connectivity index (χ1) is 9.88. The predicted molar refractivity (Wildman–Crippen MR) is 85.7 cm³/mol. The summed E-state index contributed by atoms with van der Waals surface area (Å²) in [6.07, 6.45) is 1.46. The van der Waals surface area contributed by atoms with E-state index in [-0.39, 0.29) is 22.1 Å². The maximum Gasteiger partial charge on any atom is 0.285 e. The van der Waals surface area contributed by atoms with Gasteiger partial charge in [0.1, 0.15) is 5.15 Å². The summed E-state index contributed by atoms with van der Waals surface area (Å²) in [6.45, 7) is 0. The zero-order valence-electron chi connectivity index (χ0n) is 10.1. The third-order valence-corrected chi connectivity index (χ3v) is 3.86. The number of nitrogens with one attached hydrogen (secondary N) is 1. The Bertz CT molecular complexity index is 740. The van der Waals surface area contributed by atoms with Crippen LogP contribution in [0.4, 0.5) is 11.4 Å². The third-order valence-electron chi connectivity index (χ3n) is 2.45. The van der Waals surface area contributed by atoms with Gasteiger partial charge in [0.25, 0.3) is 11.6 Å². The number of nitrogens with zero attached hydrogens (tertiary/aromatic N) is 2. The molecule has 6 nitrogen and oxygen atoms in total. The Balaban J connectivity index is 2.29. The molecule has 0 saturated heterocycles. The molecule has 1 heterocycles. The van der Waals surface area contributed by atoms with Crippen LogP contribution in [0.5, 0.6) is 0 Å². The lowest BCUT2D eigenvalue weighted by molar-refractivity contribution is -0.385. The van der Waals surface area contributed by atoms with Gasteiger partial charge in [0.15, 0.2) is 0 Å². The number of pyridine rings is 1. The number of aromatic nitrogens is 1. The van der Waals surface area contributed by atoms with Gasteiger partial charge >= 0.3 is 0 Å². The number of hydrogen-bond donors (Lipinski definition) is 1. The van der Waals surface area contributed by atoms with E-state index >= 15 is 0 Å². The molecule has 1 aromatic carbocycles. The Hall–Kier alpha value is -1.51. The normalized spacial score (nSPS) is 10.2. The van der Waals surface area contributed by atoms with E-state index in [1.807, 2.05) is 0 Å². The van der Waals surface area contributed by atoms with Crippen LogP contribution in [-0.4, -0.2) is 15.8 Å². The molecule has 1 N–H and O–H groups in total. The fraction of sp³-hybridized carbons (Fsp3) is 0. The van der Waals surface area contributed by atoms with Gasteiger partial charge in [-0.2, -0.15) is 0 Å². The number of benzene rings is 1. The summed E-state index contributed by atoms with van der Waals surface area (Å²) >= 11 is 12.1. The molecule has 0 fully saturated rings. The molecule has 2 rings (SSSR count). The standard InChI is InChI=1S/C12H6Br2ClN3O3/c13-6-3-8(11(15)16-5-6)12(19)17-7-1-2-9(14)10(4-7)18(20)21/h1-5H,(H,17,19). The second-order valence-electron chi connectivity index (χ2n) is 3.87. The number of halogens is 3. The van der Waals surface area contributed by atoms with E-state index in [9.17, 15) is 14.9 Å². The van der Waals surface area contributed by atoms with Gasteiger partial charge < -0.3 is 5.32 Å². The number of amides is 1. The number of hydrogen-bond acceptors (Lipinski definition) is 4. The van der Waals surface area contributed by atoms with Gasteiger partial charge in [0.2, 0.25) is 0 Å². The molecule has 0 atom stereocenters. The van der Waals surface area contributed by atoms with Crippen molar-refractivity contribution in [2.24, 2.45) is 0 Å². The molecule has 0 aliphatic rings. The van der Waals surface area contributed by atoms with Gasteiger partial charge in [-0.05, 0) is 50.1 Å². The number of carbonyl (C=O) groups excluding carboxylic acids is 1. The summed E-state index contributed by atoms with van der Waals surface area (Å²) in [7, 11) is 0. The highest BCUT2D eigenvalue weighted by atomic mass is 79.9. The van der Waals surface area contributed by atoms with Crippen LogP contribution < -0.4 is 5.32 Å². The van der Waals surface area contributed by atoms with Crippen LogP contribution in [0.15, 0.2) is 39.4 Å². The molecule has 0 unspecified atom stereocenters. The second kappa shape index (κ2) is 6.50. The topological polar surface area (TPSA) is 85.1 Å². The molecular formula is C12H6Br2ClN3O3. The Kier molecular flexibility index (Phi) is 4.92. The summed E-state index contributed by atoms with van der Waals surface area (Å²) < 4.78 is 0.923. The lowest BCUT2D eigenvalue weighted by atomic mass is 10.2. The summed E-state index contributed by atoms with van der Waals surface area (Å²) in [5, 5.41) is 13.4. The minimum atomic E-state index is -0.548. The maximum atomic E-state index is 12.1. The number of anilines is 1. The molecule has 0 aliphatic heterocycles. The molecule has 0 saturated carbocycles. The fourth-order valence-corrected chi connectivity index (χ4v) is 2.42. The predicted octanol–water partition coefficient (Wildman–Crippen LogP) is 4.42. The Morgan fingerprint density at radius 1 is 1.33 bits per heavy atom. The average Bonchev–Trinajstić information content (AvgIpc) is 2.43. The number of carbonyl (C=O) groups is 1. The van der Waals surface area contributed by atoms with Crippen molar-refractivity contribution in [2.45, 2.75) is 0 Å². The summed E-state index contributed by atoms with van der Waals surface area (Å²) in [4.78, 5) is 26.3. The van der Waals surface area contributed by atoms with Crippen LogP contribution in [0.1, 0.15) is 10.4 Å². The highest BCUT2D eigenvalue weighted by molar-refractivity contribution is 9.10. The van der Waals surface area contributed by atoms with Crippen LogP contribution in [0.25, 0.3) is 0 Å². The molecule has 0 aliphatic carbocycles. The molecule has 1 aromatic heterocycles. The third kappa shape index (κ3) is 3.78. The van der Waals surface area contributed by atoms with Crippen molar-refractivity contribution in [3.05, 3.63) is 60.2 Å². The largest absolute Gasteiger partial charge is 0.322 e. The monoisotopic (exact) mass is 433 g/mol. The zero-order valence-corrected chi connectivity index (χ0v) is 14.1. The van der Waals surface area contributed by atoms with Crippen molar-refractivity contribution in [1.29, 1.82) is 0 Å². The van der Waals surface area contributed by atoms with Gasteiger partial charge in [-0.25, -0.2) is 4.98 Å². The quantitative estimate of drug-likeness (QED) is 0.439. The highest BCUT2D eigenvalue weighted by Crippen LogP contribution is 2.28. The van der Waals surface area contributed by atoms with Crippen molar-refractivity contribution in [2.75, 3.05) is 5.32 Å². The lowest BCUT2D eigenvalue weighted by Crippen LogP contribution is -2.13. The van der Waals surface area contributed by atoms with Gasteiger partial charge in [0, 0.05) is 22.4 Å². The SMILES string of the molecule is O=C(Nc1ccc(Br)c([N+](=O)[O-])c1)c1cc(Br)cnc1Cl. The number of rotatable bonds is 3. The minimum Gasteiger partial charge on any atom is -0.322 e. The first-order valence-electron chi connectivity index (χ1n) is 5.45. The molecule has 21 heavy (non-hydrogen) atoms. The molecule has 108 valence electrons. The van der Waals surface area contributed by atoms with Crippen molar-refractivity contribution >= 4 is 60.7 Å².